The number of rotatable bonds is 4. The van der Waals surface area contributed by atoms with E-state index in [0.29, 0.717) is 6.54 Å². The van der Waals surface area contributed by atoms with Crippen molar-refractivity contribution in [2.24, 2.45) is 0 Å². The monoisotopic (exact) mass is 228 g/mol. The number of nitrogens with zero attached hydrogens (tertiary/aromatic N) is 2. The fraction of sp³-hybridized carbons (Fsp3) is 0.600. The molecule has 0 aliphatic rings. The number of carboxylic acid groups (broad SMARTS) is 1. The lowest BCUT2D eigenvalue weighted by Crippen LogP contribution is -2.47. The summed E-state index contributed by atoms with van der Waals surface area (Å²) in [6.45, 7) is 5.96. The largest absolute Gasteiger partial charge is 0.480 e. The first-order valence-electron chi connectivity index (χ1n) is 4.69. The molecule has 0 unspecified atom stereocenters. The Hall–Kier alpha value is -0.940. The molecule has 0 spiro atoms. The normalized spacial score (nSPS) is 12.1. The van der Waals surface area contributed by atoms with Gasteiger partial charge in [0.1, 0.15) is 5.54 Å². The molecule has 1 aromatic heterocycles. The number of aromatic nitrogens is 1. The Morgan fingerprint density at radius 3 is 2.67 bits per heavy atom. The van der Waals surface area contributed by atoms with Crippen molar-refractivity contribution in [2.45, 2.75) is 32.9 Å². The van der Waals surface area contributed by atoms with E-state index < -0.39 is 11.5 Å². The standard InChI is InChI=1S/C10H16N2O2S/c1-7-8(15-6-11-7)5-12(4)10(2,3)9(13)14/h6H,5H2,1-4H3,(H,13,14). The SMILES string of the molecule is Cc1ncsc1CN(C)C(C)(C)C(=O)O. The third-order valence-corrected chi connectivity index (χ3v) is 3.62. The molecule has 1 N–H and O–H groups in total. The fourth-order valence-corrected chi connectivity index (χ4v) is 1.88. The highest BCUT2D eigenvalue weighted by Crippen LogP contribution is 2.20. The quantitative estimate of drug-likeness (QED) is 0.853. The molecule has 1 aromatic rings. The predicted octanol–water partition coefficient (Wildman–Crippen LogP) is 1.75. The number of hydrogen-bond acceptors (Lipinski definition) is 4. The van der Waals surface area contributed by atoms with Crippen LogP contribution in [0.1, 0.15) is 24.4 Å². The van der Waals surface area contributed by atoms with Crippen molar-refractivity contribution < 1.29 is 9.90 Å². The van der Waals surface area contributed by atoms with Gasteiger partial charge in [0, 0.05) is 11.4 Å². The van der Waals surface area contributed by atoms with Gasteiger partial charge in [-0.2, -0.15) is 0 Å². The second-order valence-electron chi connectivity index (χ2n) is 4.08. The Balaban J connectivity index is 2.76. The highest BCUT2D eigenvalue weighted by molar-refractivity contribution is 7.09. The van der Waals surface area contributed by atoms with Gasteiger partial charge in [-0.05, 0) is 27.8 Å². The van der Waals surface area contributed by atoms with E-state index in [1.54, 1.807) is 30.7 Å². The number of hydrogen-bond donors (Lipinski definition) is 1. The van der Waals surface area contributed by atoms with E-state index in [2.05, 4.69) is 4.98 Å². The Morgan fingerprint density at radius 1 is 1.67 bits per heavy atom. The van der Waals surface area contributed by atoms with Crippen LogP contribution in [0.5, 0.6) is 0 Å². The summed E-state index contributed by atoms with van der Waals surface area (Å²) in [4.78, 5) is 18.1. The van der Waals surface area contributed by atoms with Crippen molar-refractivity contribution >= 4 is 17.3 Å². The predicted molar refractivity (Wildman–Crippen MR) is 60.0 cm³/mol. The average molecular weight is 228 g/mol. The summed E-state index contributed by atoms with van der Waals surface area (Å²) in [7, 11) is 1.81. The lowest BCUT2D eigenvalue weighted by Gasteiger charge is -2.31. The van der Waals surface area contributed by atoms with Gasteiger partial charge in [-0.3, -0.25) is 9.69 Å². The Bertz CT molecular complexity index is 360. The number of carbonyl (C=O) groups is 1. The highest BCUT2D eigenvalue weighted by atomic mass is 32.1. The Kier molecular flexibility index (Phi) is 3.46. The minimum Gasteiger partial charge on any atom is -0.480 e. The van der Waals surface area contributed by atoms with Crippen molar-refractivity contribution in [3.8, 4) is 0 Å². The Labute approximate surface area is 93.6 Å². The van der Waals surface area contributed by atoms with Crippen LogP contribution in [0.2, 0.25) is 0 Å². The third kappa shape index (κ3) is 2.54. The smallest absolute Gasteiger partial charge is 0.323 e. The first-order valence-corrected chi connectivity index (χ1v) is 5.57. The van der Waals surface area contributed by atoms with E-state index in [-0.39, 0.29) is 0 Å². The molecule has 0 saturated carbocycles. The van der Waals surface area contributed by atoms with Gasteiger partial charge in [0.15, 0.2) is 0 Å². The molecule has 0 aromatic carbocycles. The van der Waals surface area contributed by atoms with Crippen LogP contribution in [-0.4, -0.2) is 33.5 Å². The van der Waals surface area contributed by atoms with Crippen LogP contribution >= 0.6 is 11.3 Å². The van der Waals surface area contributed by atoms with Crippen molar-refractivity contribution in [1.29, 1.82) is 0 Å². The van der Waals surface area contributed by atoms with E-state index in [9.17, 15) is 4.79 Å². The topological polar surface area (TPSA) is 53.4 Å². The van der Waals surface area contributed by atoms with Gasteiger partial charge in [-0.1, -0.05) is 0 Å². The fourth-order valence-electron chi connectivity index (χ4n) is 1.05. The van der Waals surface area contributed by atoms with Crippen LogP contribution in [0.25, 0.3) is 0 Å². The molecule has 0 aliphatic carbocycles. The summed E-state index contributed by atoms with van der Waals surface area (Å²) in [6.07, 6.45) is 0. The van der Waals surface area contributed by atoms with Gasteiger partial charge >= 0.3 is 5.97 Å². The minimum atomic E-state index is -0.851. The van der Waals surface area contributed by atoms with Crippen LogP contribution in [0.3, 0.4) is 0 Å². The first kappa shape index (κ1) is 12.1. The molecule has 0 bridgehead atoms. The molecule has 0 radical (unpaired) electrons. The van der Waals surface area contributed by atoms with Gasteiger partial charge in [-0.15, -0.1) is 11.3 Å². The van der Waals surface area contributed by atoms with Crippen molar-refractivity contribution in [3.63, 3.8) is 0 Å². The molecule has 0 amide bonds. The number of aryl methyl sites for hydroxylation is 1. The van der Waals surface area contributed by atoms with Gasteiger partial charge < -0.3 is 5.11 Å². The van der Waals surface area contributed by atoms with Gasteiger partial charge in [-0.25, -0.2) is 4.98 Å². The number of likely N-dealkylation sites (N-methyl/N-ethyl adjacent to an activating group) is 1. The molecule has 15 heavy (non-hydrogen) atoms. The van der Waals surface area contributed by atoms with E-state index in [0.717, 1.165) is 10.6 Å². The maximum absolute atomic E-state index is 11.0. The van der Waals surface area contributed by atoms with E-state index in [1.165, 1.54) is 0 Å². The van der Waals surface area contributed by atoms with Crippen LogP contribution in [0.15, 0.2) is 5.51 Å². The van der Waals surface area contributed by atoms with Gasteiger partial charge in [0.2, 0.25) is 0 Å². The second-order valence-corrected chi connectivity index (χ2v) is 5.02. The van der Waals surface area contributed by atoms with Gasteiger partial charge in [0.05, 0.1) is 11.2 Å². The summed E-state index contributed by atoms with van der Waals surface area (Å²) < 4.78 is 0. The minimum absolute atomic E-state index is 0.621. The molecule has 0 fully saturated rings. The molecule has 5 heteroatoms. The second kappa shape index (κ2) is 4.28. The maximum atomic E-state index is 11.0. The van der Waals surface area contributed by atoms with E-state index >= 15 is 0 Å². The highest BCUT2D eigenvalue weighted by Gasteiger charge is 2.32. The number of thiazole rings is 1. The lowest BCUT2D eigenvalue weighted by molar-refractivity contribution is -0.148. The molecule has 0 saturated heterocycles. The number of aliphatic carboxylic acids is 1. The molecule has 1 heterocycles. The molecular weight excluding hydrogens is 212 g/mol. The lowest BCUT2D eigenvalue weighted by atomic mass is 10.0. The molecule has 84 valence electrons. The van der Waals surface area contributed by atoms with Crippen LogP contribution in [-0.2, 0) is 11.3 Å². The first-order chi connectivity index (χ1) is 6.85. The van der Waals surface area contributed by atoms with Crippen molar-refractivity contribution in [1.82, 2.24) is 9.88 Å². The summed E-state index contributed by atoms with van der Waals surface area (Å²) >= 11 is 1.56. The molecule has 0 atom stereocenters. The third-order valence-electron chi connectivity index (χ3n) is 2.70. The van der Waals surface area contributed by atoms with Crippen LogP contribution < -0.4 is 0 Å². The van der Waals surface area contributed by atoms with Crippen molar-refractivity contribution in [3.05, 3.63) is 16.1 Å². The van der Waals surface area contributed by atoms with E-state index in [4.69, 9.17) is 5.11 Å². The van der Waals surface area contributed by atoms with Crippen LogP contribution in [0, 0.1) is 6.92 Å². The zero-order chi connectivity index (χ0) is 11.6. The maximum Gasteiger partial charge on any atom is 0.323 e. The van der Waals surface area contributed by atoms with Crippen molar-refractivity contribution in [2.75, 3.05) is 7.05 Å². The Morgan fingerprint density at radius 2 is 2.27 bits per heavy atom. The van der Waals surface area contributed by atoms with E-state index in [1.807, 2.05) is 18.9 Å². The number of carboxylic acids is 1. The molecule has 4 nitrogen and oxygen atoms in total. The van der Waals surface area contributed by atoms with Crippen LogP contribution in [0.4, 0.5) is 0 Å². The molecule has 1 rings (SSSR count). The molecular formula is C10H16N2O2S. The summed E-state index contributed by atoms with van der Waals surface area (Å²) in [5.74, 6) is -0.813. The average Bonchev–Trinajstić information content (AvgIpc) is 2.51. The zero-order valence-corrected chi connectivity index (χ0v) is 10.3. The van der Waals surface area contributed by atoms with Gasteiger partial charge in [0.25, 0.3) is 0 Å². The summed E-state index contributed by atoms with van der Waals surface area (Å²) in [5, 5.41) is 9.06. The zero-order valence-electron chi connectivity index (χ0n) is 9.44. The summed E-state index contributed by atoms with van der Waals surface area (Å²) in [5.41, 5.74) is 1.91. The summed E-state index contributed by atoms with van der Waals surface area (Å²) in [6, 6.07) is 0. The molecule has 0 aliphatic heterocycles.